The predicted octanol–water partition coefficient (Wildman–Crippen LogP) is 2.84. The number of allylic oxidation sites excluding steroid dienone is 2. The van der Waals surface area contributed by atoms with Gasteiger partial charge < -0.3 is 5.11 Å². The molecule has 0 radical (unpaired) electrons. The second-order valence-corrected chi connectivity index (χ2v) is 3.40. The Kier molecular flexibility index (Phi) is 5.43. The van der Waals surface area contributed by atoms with Gasteiger partial charge in [-0.3, -0.25) is 4.79 Å². The van der Waals surface area contributed by atoms with Crippen LogP contribution in [0.25, 0.3) is 0 Å². The lowest BCUT2D eigenvalue weighted by Crippen LogP contribution is -1.97. The minimum atomic E-state index is -0.833. The van der Waals surface area contributed by atoms with Crippen LogP contribution in [0.1, 0.15) is 40.0 Å². The highest BCUT2D eigenvalue weighted by atomic mass is 16.4. The maximum absolute atomic E-state index is 9.00. The van der Waals surface area contributed by atoms with Crippen molar-refractivity contribution in [3.63, 3.8) is 0 Å². The molecule has 0 spiro atoms. The number of carboxylic acid groups (broad SMARTS) is 1. The average Bonchev–Trinajstić information content (AvgIpc) is 1.84. The second-order valence-electron chi connectivity index (χ2n) is 3.40. The lowest BCUT2D eigenvalue weighted by molar-refractivity contribution is -0.134. The summed E-state index contributed by atoms with van der Waals surface area (Å²) >= 11 is 0. The van der Waals surface area contributed by atoms with Crippen LogP contribution in [0, 0.1) is 5.92 Å². The molecule has 1 atom stereocenters. The van der Waals surface area contributed by atoms with Crippen LogP contribution in [0.3, 0.4) is 0 Å². The number of carboxylic acids is 1. The number of rotatable bonds is 0. The topological polar surface area (TPSA) is 37.3 Å². The van der Waals surface area contributed by atoms with E-state index in [1.165, 1.54) is 19.3 Å². The Balaban J connectivity index is 0.000000261. The summed E-state index contributed by atoms with van der Waals surface area (Å²) in [4.78, 5) is 9.00. The van der Waals surface area contributed by atoms with Crippen LogP contribution in [0.4, 0.5) is 0 Å². The molecular formula is C10H18O2. The first-order valence-electron chi connectivity index (χ1n) is 4.39. The van der Waals surface area contributed by atoms with E-state index in [4.69, 9.17) is 9.90 Å². The van der Waals surface area contributed by atoms with Crippen LogP contribution >= 0.6 is 0 Å². The first-order valence-corrected chi connectivity index (χ1v) is 4.39. The van der Waals surface area contributed by atoms with Crippen LogP contribution < -0.4 is 0 Å². The monoisotopic (exact) mass is 170 g/mol. The van der Waals surface area contributed by atoms with Gasteiger partial charge in [0, 0.05) is 6.92 Å². The molecule has 1 aliphatic rings. The van der Waals surface area contributed by atoms with Gasteiger partial charge in [-0.25, -0.2) is 0 Å². The van der Waals surface area contributed by atoms with Crippen molar-refractivity contribution in [2.45, 2.75) is 40.0 Å². The summed E-state index contributed by atoms with van der Waals surface area (Å²) in [6, 6.07) is 0. The van der Waals surface area contributed by atoms with Crippen molar-refractivity contribution in [2.75, 3.05) is 0 Å². The number of hydrogen-bond donors (Lipinski definition) is 1. The Labute approximate surface area is 74.3 Å². The van der Waals surface area contributed by atoms with Crippen LogP contribution in [-0.2, 0) is 4.79 Å². The fraction of sp³-hybridized carbons (Fsp3) is 0.700. The van der Waals surface area contributed by atoms with Gasteiger partial charge in [0.2, 0.25) is 0 Å². The lowest BCUT2D eigenvalue weighted by Gasteiger charge is -2.13. The van der Waals surface area contributed by atoms with Crippen molar-refractivity contribution >= 4 is 5.97 Å². The largest absolute Gasteiger partial charge is 0.481 e. The molecule has 0 bridgehead atoms. The van der Waals surface area contributed by atoms with Crippen LogP contribution in [-0.4, -0.2) is 11.1 Å². The fourth-order valence-electron chi connectivity index (χ4n) is 1.36. The normalized spacial score (nSPS) is 21.9. The molecule has 0 amide bonds. The van der Waals surface area contributed by atoms with E-state index in [1.54, 1.807) is 5.57 Å². The number of aliphatic carboxylic acids is 1. The van der Waals surface area contributed by atoms with Crippen molar-refractivity contribution in [2.24, 2.45) is 5.92 Å². The Hall–Kier alpha value is -0.790. The molecule has 0 aliphatic heterocycles. The van der Waals surface area contributed by atoms with E-state index < -0.39 is 5.97 Å². The maximum atomic E-state index is 9.00. The maximum Gasteiger partial charge on any atom is 0.300 e. The highest BCUT2D eigenvalue weighted by Crippen LogP contribution is 2.20. The molecule has 1 aliphatic carbocycles. The molecular weight excluding hydrogens is 152 g/mol. The minimum Gasteiger partial charge on any atom is -0.481 e. The molecule has 1 unspecified atom stereocenters. The summed E-state index contributed by atoms with van der Waals surface area (Å²) in [7, 11) is 0. The molecule has 0 saturated heterocycles. The highest BCUT2D eigenvalue weighted by Gasteiger charge is 2.04. The first-order chi connectivity index (χ1) is 5.52. The van der Waals surface area contributed by atoms with E-state index in [-0.39, 0.29) is 0 Å². The van der Waals surface area contributed by atoms with E-state index >= 15 is 0 Å². The Morgan fingerprint density at radius 2 is 2.17 bits per heavy atom. The van der Waals surface area contributed by atoms with Crippen LogP contribution in [0.5, 0.6) is 0 Å². The summed E-state index contributed by atoms with van der Waals surface area (Å²) in [6.45, 7) is 5.61. The van der Waals surface area contributed by atoms with Crippen molar-refractivity contribution < 1.29 is 9.90 Å². The molecule has 1 N–H and O–H groups in total. The fourth-order valence-corrected chi connectivity index (χ4v) is 1.36. The molecule has 0 aromatic carbocycles. The Bertz CT molecular complexity index is 167. The Morgan fingerprint density at radius 3 is 2.42 bits per heavy atom. The molecule has 0 aromatic rings. The zero-order valence-corrected chi connectivity index (χ0v) is 8.13. The van der Waals surface area contributed by atoms with Gasteiger partial charge >= 0.3 is 0 Å². The van der Waals surface area contributed by atoms with Crippen molar-refractivity contribution in [1.29, 1.82) is 0 Å². The minimum absolute atomic E-state index is 0.833. The number of hydrogen-bond acceptors (Lipinski definition) is 1. The number of carbonyl (C=O) groups is 1. The van der Waals surface area contributed by atoms with Gasteiger partial charge in [-0.1, -0.05) is 18.6 Å². The molecule has 2 heteroatoms. The average molecular weight is 170 g/mol. The first kappa shape index (κ1) is 11.2. The van der Waals surface area contributed by atoms with Gasteiger partial charge in [0.15, 0.2) is 0 Å². The van der Waals surface area contributed by atoms with Gasteiger partial charge in [0.1, 0.15) is 0 Å². The summed E-state index contributed by atoms with van der Waals surface area (Å²) in [5.74, 6) is 0.0174. The zero-order chi connectivity index (χ0) is 9.56. The van der Waals surface area contributed by atoms with E-state index in [0.29, 0.717) is 0 Å². The molecule has 0 aromatic heterocycles. The van der Waals surface area contributed by atoms with Gasteiger partial charge in [-0.2, -0.15) is 0 Å². The summed E-state index contributed by atoms with van der Waals surface area (Å²) in [6.07, 6.45) is 6.54. The molecule has 2 nitrogen and oxygen atoms in total. The quantitative estimate of drug-likeness (QED) is 0.567. The zero-order valence-electron chi connectivity index (χ0n) is 8.13. The van der Waals surface area contributed by atoms with Gasteiger partial charge in [-0.15, -0.1) is 0 Å². The molecule has 70 valence electrons. The van der Waals surface area contributed by atoms with Gasteiger partial charge in [0.25, 0.3) is 5.97 Å². The molecule has 12 heavy (non-hydrogen) atoms. The van der Waals surface area contributed by atoms with E-state index in [2.05, 4.69) is 19.9 Å². The standard InChI is InChI=1S/C8H14.C2H4O2/c1-7-4-3-5-8(2)6-7;1-2(3)4/h6-7H,3-5H2,1-2H3;1H3,(H,3,4). The SMILES string of the molecule is CC(=O)O.CC1=CC(C)CCC1. The lowest BCUT2D eigenvalue weighted by atomic mass is 9.93. The van der Waals surface area contributed by atoms with E-state index in [0.717, 1.165) is 12.8 Å². The summed E-state index contributed by atoms with van der Waals surface area (Å²) in [5.41, 5.74) is 1.59. The second kappa shape index (κ2) is 5.81. The third-order valence-corrected chi connectivity index (χ3v) is 1.80. The third kappa shape index (κ3) is 7.32. The molecule has 0 saturated carbocycles. The highest BCUT2D eigenvalue weighted by molar-refractivity contribution is 5.62. The van der Waals surface area contributed by atoms with Crippen LogP contribution in [0.2, 0.25) is 0 Å². The predicted molar refractivity (Wildman–Crippen MR) is 50.1 cm³/mol. The summed E-state index contributed by atoms with van der Waals surface area (Å²) in [5, 5.41) is 7.42. The molecule has 0 heterocycles. The molecule has 0 fully saturated rings. The van der Waals surface area contributed by atoms with Crippen molar-refractivity contribution in [3.8, 4) is 0 Å². The van der Waals surface area contributed by atoms with Gasteiger partial charge in [0.05, 0.1) is 0 Å². The van der Waals surface area contributed by atoms with Gasteiger partial charge in [-0.05, 0) is 32.1 Å². The third-order valence-electron chi connectivity index (χ3n) is 1.80. The van der Waals surface area contributed by atoms with E-state index in [9.17, 15) is 0 Å². The van der Waals surface area contributed by atoms with Crippen LogP contribution in [0.15, 0.2) is 11.6 Å². The molecule has 1 rings (SSSR count). The summed E-state index contributed by atoms with van der Waals surface area (Å²) < 4.78 is 0. The van der Waals surface area contributed by atoms with Crippen molar-refractivity contribution in [1.82, 2.24) is 0 Å². The van der Waals surface area contributed by atoms with E-state index in [1.807, 2.05) is 0 Å². The smallest absolute Gasteiger partial charge is 0.300 e. The van der Waals surface area contributed by atoms with Crippen molar-refractivity contribution in [3.05, 3.63) is 11.6 Å². The Morgan fingerprint density at radius 1 is 1.67 bits per heavy atom.